The molecule has 0 spiro atoms. The van der Waals surface area contributed by atoms with Crippen LogP contribution < -0.4 is 0 Å². The van der Waals surface area contributed by atoms with Gasteiger partial charge in [-0.1, -0.05) is 26.2 Å². The van der Waals surface area contributed by atoms with E-state index in [2.05, 4.69) is 30.0 Å². The first kappa shape index (κ1) is 11.7. The molecule has 0 bridgehead atoms. The maximum atomic E-state index is 9.97. The SMILES string of the molecule is CCCCCCn1ccc(C(O)C2CC2)c1. The van der Waals surface area contributed by atoms with Crippen LogP contribution in [-0.2, 0) is 6.54 Å². The summed E-state index contributed by atoms with van der Waals surface area (Å²) in [7, 11) is 0. The fourth-order valence-corrected chi connectivity index (χ4v) is 2.18. The second-order valence-electron chi connectivity index (χ2n) is 5.03. The van der Waals surface area contributed by atoms with E-state index >= 15 is 0 Å². The second kappa shape index (κ2) is 5.53. The predicted molar refractivity (Wildman–Crippen MR) is 66.3 cm³/mol. The summed E-state index contributed by atoms with van der Waals surface area (Å²) in [6.45, 7) is 3.33. The molecule has 0 aromatic carbocycles. The average molecular weight is 221 g/mol. The maximum Gasteiger partial charge on any atom is 0.0832 e. The van der Waals surface area contributed by atoms with Crippen LogP contribution in [0.3, 0.4) is 0 Å². The van der Waals surface area contributed by atoms with Crippen LogP contribution in [-0.4, -0.2) is 9.67 Å². The van der Waals surface area contributed by atoms with Crippen molar-refractivity contribution >= 4 is 0 Å². The lowest BCUT2D eigenvalue weighted by molar-refractivity contribution is 0.154. The van der Waals surface area contributed by atoms with Gasteiger partial charge in [-0.2, -0.15) is 0 Å². The van der Waals surface area contributed by atoms with Gasteiger partial charge < -0.3 is 9.67 Å². The Kier molecular flexibility index (Phi) is 4.05. The molecular weight excluding hydrogens is 198 g/mol. The van der Waals surface area contributed by atoms with Gasteiger partial charge >= 0.3 is 0 Å². The van der Waals surface area contributed by atoms with Crippen molar-refractivity contribution < 1.29 is 5.11 Å². The molecule has 1 atom stereocenters. The number of rotatable bonds is 7. The Morgan fingerprint density at radius 2 is 2.19 bits per heavy atom. The summed E-state index contributed by atoms with van der Waals surface area (Å²) in [5.41, 5.74) is 1.11. The van der Waals surface area contributed by atoms with Gasteiger partial charge in [-0.25, -0.2) is 0 Å². The molecule has 16 heavy (non-hydrogen) atoms. The summed E-state index contributed by atoms with van der Waals surface area (Å²) in [4.78, 5) is 0. The predicted octanol–water partition coefficient (Wildman–Crippen LogP) is 3.51. The monoisotopic (exact) mass is 221 g/mol. The molecule has 1 saturated carbocycles. The van der Waals surface area contributed by atoms with Crippen molar-refractivity contribution in [2.45, 2.75) is 58.1 Å². The quantitative estimate of drug-likeness (QED) is 0.700. The Bertz CT molecular complexity index is 314. The van der Waals surface area contributed by atoms with Gasteiger partial charge in [-0.05, 0) is 36.8 Å². The Morgan fingerprint density at radius 1 is 1.38 bits per heavy atom. The zero-order chi connectivity index (χ0) is 11.4. The normalized spacial score (nSPS) is 17.6. The fraction of sp³-hybridized carbons (Fsp3) is 0.714. The second-order valence-corrected chi connectivity index (χ2v) is 5.03. The molecule has 1 unspecified atom stereocenters. The van der Waals surface area contributed by atoms with Crippen molar-refractivity contribution in [3.05, 3.63) is 24.0 Å². The summed E-state index contributed by atoms with van der Waals surface area (Å²) < 4.78 is 2.22. The van der Waals surface area contributed by atoms with Crippen LogP contribution in [0.15, 0.2) is 18.5 Å². The molecule has 2 rings (SSSR count). The molecular formula is C14H23NO. The minimum Gasteiger partial charge on any atom is -0.388 e. The Balaban J connectivity index is 1.77. The van der Waals surface area contributed by atoms with E-state index in [0.29, 0.717) is 5.92 Å². The van der Waals surface area contributed by atoms with E-state index < -0.39 is 0 Å². The molecule has 1 aromatic heterocycles. The summed E-state index contributed by atoms with van der Waals surface area (Å²) in [5.74, 6) is 0.538. The first-order chi connectivity index (χ1) is 7.81. The lowest BCUT2D eigenvalue weighted by Crippen LogP contribution is -1.99. The van der Waals surface area contributed by atoms with Crippen LogP contribution in [0.5, 0.6) is 0 Å². The topological polar surface area (TPSA) is 25.2 Å². The fourth-order valence-electron chi connectivity index (χ4n) is 2.18. The van der Waals surface area contributed by atoms with Crippen molar-refractivity contribution in [1.82, 2.24) is 4.57 Å². The summed E-state index contributed by atoms with van der Waals surface area (Å²) in [5, 5.41) is 9.97. The highest BCUT2D eigenvalue weighted by Crippen LogP contribution is 2.40. The number of aliphatic hydroxyl groups is 1. The largest absolute Gasteiger partial charge is 0.388 e. The van der Waals surface area contributed by atoms with Gasteiger partial charge in [-0.15, -0.1) is 0 Å². The van der Waals surface area contributed by atoms with Crippen LogP contribution >= 0.6 is 0 Å². The highest BCUT2D eigenvalue weighted by molar-refractivity contribution is 5.15. The van der Waals surface area contributed by atoms with E-state index in [1.807, 2.05) is 0 Å². The zero-order valence-electron chi connectivity index (χ0n) is 10.2. The lowest BCUT2D eigenvalue weighted by atomic mass is 10.1. The molecule has 1 heterocycles. The highest BCUT2D eigenvalue weighted by Gasteiger charge is 2.30. The molecule has 1 fully saturated rings. The standard InChI is InChI=1S/C14H23NO/c1-2-3-4-5-9-15-10-8-13(11-15)14(16)12-6-7-12/h8,10-12,14,16H,2-7,9H2,1H3. The number of aryl methyl sites for hydroxylation is 1. The Hall–Kier alpha value is -0.760. The minimum absolute atomic E-state index is 0.211. The number of aromatic nitrogens is 1. The van der Waals surface area contributed by atoms with Gasteiger partial charge in [0.1, 0.15) is 0 Å². The third kappa shape index (κ3) is 3.11. The number of unbranched alkanes of at least 4 members (excludes halogenated alkanes) is 3. The third-order valence-corrected chi connectivity index (χ3v) is 3.45. The van der Waals surface area contributed by atoms with Crippen molar-refractivity contribution in [2.24, 2.45) is 5.92 Å². The number of aliphatic hydroxyl groups excluding tert-OH is 1. The van der Waals surface area contributed by atoms with Crippen LogP contribution in [0.4, 0.5) is 0 Å². The van der Waals surface area contributed by atoms with Gasteiger partial charge in [-0.3, -0.25) is 0 Å². The molecule has 0 aliphatic heterocycles. The molecule has 0 amide bonds. The first-order valence-corrected chi connectivity index (χ1v) is 6.65. The zero-order valence-corrected chi connectivity index (χ0v) is 10.2. The molecule has 2 nitrogen and oxygen atoms in total. The minimum atomic E-state index is -0.211. The smallest absolute Gasteiger partial charge is 0.0832 e. The van der Waals surface area contributed by atoms with Crippen LogP contribution in [0.1, 0.15) is 57.1 Å². The van der Waals surface area contributed by atoms with Crippen LogP contribution in [0.2, 0.25) is 0 Å². The molecule has 1 N–H and O–H groups in total. The Morgan fingerprint density at radius 3 is 2.88 bits per heavy atom. The average Bonchev–Trinajstić information content (AvgIpc) is 3.03. The van der Waals surface area contributed by atoms with Crippen LogP contribution in [0.25, 0.3) is 0 Å². The van der Waals surface area contributed by atoms with Gasteiger partial charge in [0.2, 0.25) is 0 Å². The van der Waals surface area contributed by atoms with Crippen molar-refractivity contribution in [2.75, 3.05) is 0 Å². The molecule has 1 aliphatic rings. The molecule has 2 heteroatoms. The number of hydrogen-bond donors (Lipinski definition) is 1. The molecule has 1 aromatic rings. The lowest BCUT2D eigenvalue weighted by Gasteiger charge is -2.06. The maximum absolute atomic E-state index is 9.97. The molecule has 0 radical (unpaired) electrons. The number of nitrogens with zero attached hydrogens (tertiary/aromatic N) is 1. The van der Waals surface area contributed by atoms with Gasteiger partial charge in [0, 0.05) is 18.9 Å². The Labute approximate surface area is 98.3 Å². The summed E-state index contributed by atoms with van der Waals surface area (Å²) >= 11 is 0. The first-order valence-electron chi connectivity index (χ1n) is 6.65. The van der Waals surface area contributed by atoms with Gasteiger partial charge in [0.15, 0.2) is 0 Å². The van der Waals surface area contributed by atoms with Gasteiger partial charge in [0.25, 0.3) is 0 Å². The van der Waals surface area contributed by atoms with E-state index in [-0.39, 0.29) is 6.10 Å². The molecule has 1 aliphatic carbocycles. The van der Waals surface area contributed by atoms with E-state index in [1.165, 1.54) is 38.5 Å². The van der Waals surface area contributed by atoms with Crippen LogP contribution in [0, 0.1) is 5.92 Å². The van der Waals surface area contributed by atoms with Gasteiger partial charge in [0.05, 0.1) is 6.10 Å². The van der Waals surface area contributed by atoms with Crippen molar-refractivity contribution in [3.63, 3.8) is 0 Å². The van der Waals surface area contributed by atoms with E-state index in [0.717, 1.165) is 12.1 Å². The molecule has 0 saturated heterocycles. The molecule has 90 valence electrons. The van der Waals surface area contributed by atoms with E-state index in [9.17, 15) is 5.11 Å². The van der Waals surface area contributed by atoms with Crippen molar-refractivity contribution in [1.29, 1.82) is 0 Å². The third-order valence-electron chi connectivity index (χ3n) is 3.45. The summed E-state index contributed by atoms with van der Waals surface area (Å²) in [6, 6.07) is 2.07. The highest BCUT2D eigenvalue weighted by atomic mass is 16.3. The number of hydrogen-bond acceptors (Lipinski definition) is 1. The summed E-state index contributed by atoms with van der Waals surface area (Å²) in [6.07, 6.45) is 11.6. The van der Waals surface area contributed by atoms with Crippen molar-refractivity contribution in [3.8, 4) is 0 Å². The van der Waals surface area contributed by atoms with E-state index in [4.69, 9.17) is 0 Å². The van der Waals surface area contributed by atoms with E-state index in [1.54, 1.807) is 0 Å².